The Morgan fingerprint density at radius 3 is 2.84 bits per heavy atom. The van der Waals surface area contributed by atoms with Crippen molar-refractivity contribution in [3.05, 3.63) is 59.4 Å². The zero-order valence-corrected chi connectivity index (χ0v) is 10.0. The van der Waals surface area contributed by atoms with Gasteiger partial charge in [-0.3, -0.25) is 14.3 Å². The standard InChI is InChI=1S/C14H11N3O2/c18-13-11-6-3-7-16(11)17-12(8-15-13)9-4-1-2-5-10(9)14(17)19/h1-7,12H,8H2,(H,15,18). The van der Waals surface area contributed by atoms with Crippen molar-refractivity contribution in [1.82, 2.24) is 9.99 Å². The van der Waals surface area contributed by atoms with E-state index >= 15 is 0 Å². The summed E-state index contributed by atoms with van der Waals surface area (Å²) in [5.74, 6) is -0.209. The summed E-state index contributed by atoms with van der Waals surface area (Å²) in [6, 6.07) is 10.9. The molecule has 0 saturated heterocycles. The molecule has 1 N–H and O–H groups in total. The summed E-state index contributed by atoms with van der Waals surface area (Å²) in [5.41, 5.74) is 2.17. The minimum Gasteiger partial charge on any atom is -0.348 e. The minimum atomic E-state index is -0.148. The predicted molar refractivity (Wildman–Crippen MR) is 68.5 cm³/mol. The molecule has 94 valence electrons. The van der Waals surface area contributed by atoms with E-state index in [9.17, 15) is 9.59 Å². The van der Waals surface area contributed by atoms with Crippen molar-refractivity contribution in [2.45, 2.75) is 6.04 Å². The number of amides is 2. The highest BCUT2D eigenvalue weighted by Crippen LogP contribution is 2.33. The van der Waals surface area contributed by atoms with E-state index < -0.39 is 0 Å². The fourth-order valence-electron chi connectivity index (χ4n) is 2.84. The first-order valence-electron chi connectivity index (χ1n) is 6.16. The molecule has 0 fully saturated rings. The van der Waals surface area contributed by atoms with Gasteiger partial charge in [-0.05, 0) is 23.8 Å². The number of fused-ring (bicyclic) bond motifs is 5. The first-order valence-corrected chi connectivity index (χ1v) is 6.16. The molecule has 0 saturated carbocycles. The predicted octanol–water partition coefficient (Wildman–Crippen LogP) is 1.06. The van der Waals surface area contributed by atoms with Crippen LogP contribution in [0.1, 0.15) is 32.5 Å². The van der Waals surface area contributed by atoms with Crippen LogP contribution in [0.3, 0.4) is 0 Å². The fourth-order valence-corrected chi connectivity index (χ4v) is 2.84. The smallest absolute Gasteiger partial charge is 0.273 e. The van der Waals surface area contributed by atoms with E-state index in [1.807, 2.05) is 24.3 Å². The number of nitrogens with one attached hydrogen (secondary N) is 1. The molecule has 2 aliphatic heterocycles. The summed E-state index contributed by atoms with van der Waals surface area (Å²) < 4.78 is 1.65. The Labute approximate surface area is 109 Å². The lowest BCUT2D eigenvalue weighted by molar-refractivity contribution is 0.0950. The average molecular weight is 253 g/mol. The second-order valence-corrected chi connectivity index (χ2v) is 4.70. The average Bonchev–Trinajstić information content (AvgIpc) is 2.97. The summed E-state index contributed by atoms with van der Waals surface area (Å²) in [6.07, 6.45) is 1.75. The third kappa shape index (κ3) is 1.24. The van der Waals surface area contributed by atoms with Gasteiger partial charge in [0.1, 0.15) is 5.69 Å². The second-order valence-electron chi connectivity index (χ2n) is 4.70. The molecule has 2 amide bonds. The lowest BCUT2D eigenvalue weighted by atomic mass is 10.1. The van der Waals surface area contributed by atoms with E-state index in [0.29, 0.717) is 17.8 Å². The largest absolute Gasteiger partial charge is 0.348 e. The maximum Gasteiger partial charge on any atom is 0.273 e. The third-order valence-corrected chi connectivity index (χ3v) is 3.70. The van der Waals surface area contributed by atoms with Crippen LogP contribution in [-0.4, -0.2) is 23.0 Å². The lowest BCUT2D eigenvalue weighted by Gasteiger charge is -2.24. The molecule has 19 heavy (non-hydrogen) atoms. The van der Waals surface area contributed by atoms with Crippen LogP contribution in [0.5, 0.6) is 0 Å². The van der Waals surface area contributed by atoms with Crippen LogP contribution in [0.15, 0.2) is 42.6 Å². The van der Waals surface area contributed by atoms with Crippen LogP contribution in [0, 0.1) is 0 Å². The summed E-state index contributed by atoms with van der Waals surface area (Å²) in [7, 11) is 0. The first kappa shape index (κ1) is 10.4. The number of aromatic nitrogens is 1. The van der Waals surface area contributed by atoms with Crippen molar-refractivity contribution in [1.29, 1.82) is 0 Å². The van der Waals surface area contributed by atoms with Crippen molar-refractivity contribution in [3.8, 4) is 0 Å². The lowest BCUT2D eigenvalue weighted by Crippen LogP contribution is -2.39. The SMILES string of the molecule is O=C1NCC2c3ccccc3C(=O)N2n2cccc21. The van der Waals surface area contributed by atoms with E-state index in [2.05, 4.69) is 5.32 Å². The summed E-state index contributed by atoms with van der Waals surface area (Å²) in [4.78, 5) is 24.5. The Morgan fingerprint density at radius 1 is 1.11 bits per heavy atom. The van der Waals surface area contributed by atoms with Gasteiger partial charge >= 0.3 is 0 Å². The molecular weight excluding hydrogens is 242 g/mol. The van der Waals surface area contributed by atoms with E-state index in [-0.39, 0.29) is 17.9 Å². The van der Waals surface area contributed by atoms with Gasteiger partial charge in [-0.2, -0.15) is 0 Å². The molecule has 0 radical (unpaired) electrons. The molecule has 5 nitrogen and oxygen atoms in total. The topological polar surface area (TPSA) is 54.3 Å². The van der Waals surface area contributed by atoms with Crippen LogP contribution in [0.2, 0.25) is 0 Å². The molecule has 1 aromatic carbocycles. The van der Waals surface area contributed by atoms with Gasteiger partial charge < -0.3 is 5.32 Å². The molecule has 2 aliphatic rings. The van der Waals surface area contributed by atoms with Crippen molar-refractivity contribution in [3.63, 3.8) is 0 Å². The number of rotatable bonds is 0. The monoisotopic (exact) mass is 253 g/mol. The third-order valence-electron chi connectivity index (χ3n) is 3.70. The maximum atomic E-state index is 12.5. The van der Waals surface area contributed by atoms with Crippen LogP contribution < -0.4 is 10.3 Å². The molecule has 1 atom stereocenters. The highest BCUT2D eigenvalue weighted by Gasteiger charge is 2.40. The molecule has 5 heteroatoms. The molecular formula is C14H11N3O2. The Bertz CT molecular complexity index is 704. The summed E-state index contributed by atoms with van der Waals surface area (Å²) in [5, 5.41) is 4.52. The van der Waals surface area contributed by atoms with Crippen molar-refractivity contribution >= 4 is 11.8 Å². The Hall–Kier alpha value is -2.56. The van der Waals surface area contributed by atoms with Gasteiger partial charge in [-0.15, -0.1) is 0 Å². The van der Waals surface area contributed by atoms with Crippen LogP contribution in [-0.2, 0) is 0 Å². The van der Waals surface area contributed by atoms with Gasteiger partial charge in [-0.1, -0.05) is 18.2 Å². The normalized spacial score (nSPS) is 20.4. The summed E-state index contributed by atoms with van der Waals surface area (Å²) in [6.45, 7) is 0.434. The number of hydrogen-bond donors (Lipinski definition) is 1. The molecule has 2 aromatic rings. The minimum absolute atomic E-state index is 0.0606. The fraction of sp³-hybridized carbons (Fsp3) is 0.143. The van der Waals surface area contributed by atoms with E-state index in [1.165, 1.54) is 0 Å². The molecule has 4 rings (SSSR count). The van der Waals surface area contributed by atoms with Crippen LogP contribution in [0.4, 0.5) is 0 Å². The molecule has 1 aromatic heterocycles. The highest BCUT2D eigenvalue weighted by atomic mass is 16.2. The number of carbonyl (C=O) groups is 2. The molecule has 3 heterocycles. The van der Waals surface area contributed by atoms with E-state index in [0.717, 1.165) is 5.56 Å². The van der Waals surface area contributed by atoms with Gasteiger partial charge in [0, 0.05) is 18.3 Å². The zero-order valence-electron chi connectivity index (χ0n) is 10.0. The van der Waals surface area contributed by atoms with Gasteiger partial charge in [0.25, 0.3) is 11.8 Å². The van der Waals surface area contributed by atoms with Gasteiger partial charge in [0.15, 0.2) is 0 Å². The number of carbonyl (C=O) groups excluding carboxylic acids is 2. The molecule has 1 unspecified atom stereocenters. The number of hydrogen-bond acceptors (Lipinski definition) is 2. The van der Waals surface area contributed by atoms with Crippen molar-refractivity contribution in [2.75, 3.05) is 11.6 Å². The molecule has 0 bridgehead atoms. The van der Waals surface area contributed by atoms with E-state index in [4.69, 9.17) is 0 Å². The van der Waals surface area contributed by atoms with Crippen molar-refractivity contribution < 1.29 is 9.59 Å². The Morgan fingerprint density at radius 2 is 1.95 bits per heavy atom. The number of nitrogens with zero attached hydrogens (tertiary/aromatic N) is 2. The van der Waals surface area contributed by atoms with Crippen molar-refractivity contribution in [2.24, 2.45) is 0 Å². The van der Waals surface area contributed by atoms with Gasteiger partial charge in [0.2, 0.25) is 0 Å². The van der Waals surface area contributed by atoms with E-state index in [1.54, 1.807) is 28.0 Å². The van der Waals surface area contributed by atoms with Gasteiger partial charge in [-0.25, -0.2) is 5.01 Å². The van der Waals surface area contributed by atoms with Crippen LogP contribution >= 0.6 is 0 Å². The molecule has 0 spiro atoms. The Balaban J connectivity index is 1.94. The summed E-state index contributed by atoms with van der Waals surface area (Å²) >= 11 is 0. The van der Waals surface area contributed by atoms with Crippen LogP contribution in [0.25, 0.3) is 0 Å². The van der Waals surface area contributed by atoms with Gasteiger partial charge in [0.05, 0.1) is 6.04 Å². The maximum absolute atomic E-state index is 12.5. The second kappa shape index (κ2) is 3.47. The molecule has 0 aliphatic carbocycles. The zero-order chi connectivity index (χ0) is 13.0. The first-order chi connectivity index (χ1) is 9.27. The number of benzene rings is 1. The quantitative estimate of drug-likeness (QED) is 0.763. The Kier molecular flexibility index (Phi) is 1.90. The highest BCUT2D eigenvalue weighted by molar-refractivity contribution is 6.08.